The second-order valence-electron chi connectivity index (χ2n) is 11.5. The highest BCUT2D eigenvalue weighted by Gasteiger charge is 2.23. The summed E-state index contributed by atoms with van der Waals surface area (Å²) in [5.74, 6) is 0.403. The van der Waals surface area contributed by atoms with Gasteiger partial charge in [-0.2, -0.15) is 0 Å². The smallest absolute Gasteiger partial charge is 0.272 e. The van der Waals surface area contributed by atoms with Crippen LogP contribution >= 0.6 is 11.8 Å². The van der Waals surface area contributed by atoms with E-state index < -0.39 is 17.1 Å². The van der Waals surface area contributed by atoms with Gasteiger partial charge in [0.25, 0.3) is 11.8 Å². The lowest BCUT2D eigenvalue weighted by Crippen LogP contribution is -2.30. The van der Waals surface area contributed by atoms with E-state index >= 15 is 0 Å². The summed E-state index contributed by atoms with van der Waals surface area (Å²) >= 11 is 1.41. The summed E-state index contributed by atoms with van der Waals surface area (Å²) in [5.41, 5.74) is 4.22. The number of aryl methyl sites for hydroxylation is 1. The molecule has 0 spiro atoms. The number of hydrogen-bond acceptors (Lipinski definition) is 6. The van der Waals surface area contributed by atoms with Crippen LogP contribution in [0.5, 0.6) is 5.75 Å². The molecule has 0 aliphatic heterocycles. The highest BCUT2D eigenvalue weighted by Crippen LogP contribution is 2.37. The van der Waals surface area contributed by atoms with E-state index in [4.69, 9.17) is 9.15 Å². The van der Waals surface area contributed by atoms with Crippen LogP contribution < -0.4 is 20.7 Å². The van der Waals surface area contributed by atoms with Gasteiger partial charge in [-0.15, -0.1) is 11.8 Å². The number of methoxy groups -OCH3 is 1. The fraction of sp³-hybridized carbons (Fsp3) is 0.0714. The monoisotopic (exact) mass is 693 g/mol. The number of anilines is 2. The summed E-state index contributed by atoms with van der Waals surface area (Å²) in [4.78, 5) is 41.2. The molecule has 1 unspecified atom stereocenters. The molecular weight excluding hydrogens is 659 g/mol. The Morgan fingerprint density at radius 3 is 2.12 bits per heavy atom. The van der Waals surface area contributed by atoms with Crippen molar-refractivity contribution in [3.05, 3.63) is 174 Å². The SMILES string of the molecule is COc1ccccc1-c1ccc(C=C(NC(=O)c2ccccc2)C(=O)Nc2ccc(SC(C(=O)Nc3ccccc3C)c3ccccc3)cc2)o1. The number of hydrogen-bond donors (Lipinski definition) is 3. The van der Waals surface area contributed by atoms with Crippen molar-refractivity contribution in [2.24, 2.45) is 0 Å². The number of nitrogens with one attached hydrogen (secondary N) is 3. The van der Waals surface area contributed by atoms with Crippen molar-refractivity contribution in [1.82, 2.24) is 5.32 Å². The molecular formula is C42H35N3O5S. The molecule has 0 bridgehead atoms. The number of carbonyl (C=O) groups is 3. The summed E-state index contributed by atoms with van der Waals surface area (Å²) in [7, 11) is 1.58. The molecule has 1 heterocycles. The molecule has 6 rings (SSSR count). The number of rotatable bonds is 12. The number of thioether (sulfide) groups is 1. The lowest BCUT2D eigenvalue weighted by Gasteiger charge is -2.18. The van der Waals surface area contributed by atoms with E-state index in [1.165, 1.54) is 17.8 Å². The van der Waals surface area contributed by atoms with Gasteiger partial charge in [0.1, 0.15) is 28.2 Å². The van der Waals surface area contributed by atoms with Gasteiger partial charge < -0.3 is 25.1 Å². The van der Waals surface area contributed by atoms with Crippen LogP contribution in [0.2, 0.25) is 0 Å². The minimum atomic E-state index is -0.547. The van der Waals surface area contributed by atoms with Gasteiger partial charge in [-0.3, -0.25) is 14.4 Å². The first-order chi connectivity index (χ1) is 24.9. The minimum Gasteiger partial charge on any atom is -0.496 e. The summed E-state index contributed by atoms with van der Waals surface area (Å²) in [6.07, 6.45) is 1.48. The molecule has 0 radical (unpaired) electrons. The number of amides is 3. The van der Waals surface area contributed by atoms with Crippen LogP contribution in [0, 0.1) is 6.92 Å². The fourth-order valence-electron chi connectivity index (χ4n) is 5.27. The number of para-hydroxylation sites is 2. The van der Waals surface area contributed by atoms with Crippen LogP contribution in [0.3, 0.4) is 0 Å². The maximum absolute atomic E-state index is 13.7. The van der Waals surface area contributed by atoms with Crippen LogP contribution in [0.4, 0.5) is 11.4 Å². The first-order valence-electron chi connectivity index (χ1n) is 16.2. The van der Waals surface area contributed by atoms with Gasteiger partial charge in [-0.25, -0.2) is 0 Å². The maximum Gasteiger partial charge on any atom is 0.272 e. The van der Waals surface area contributed by atoms with E-state index in [1.54, 1.807) is 55.6 Å². The minimum absolute atomic E-state index is 0.0137. The van der Waals surface area contributed by atoms with Crippen molar-refractivity contribution in [3.8, 4) is 17.1 Å². The molecule has 8 nitrogen and oxygen atoms in total. The van der Waals surface area contributed by atoms with Gasteiger partial charge in [-0.1, -0.05) is 78.9 Å². The largest absolute Gasteiger partial charge is 0.496 e. The van der Waals surface area contributed by atoms with Gasteiger partial charge in [0.05, 0.1) is 12.7 Å². The van der Waals surface area contributed by atoms with E-state index in [-0.39, 0.29) is 11.6 Å². The van der Waals surface area contributed by atoms with Gasteiger partial charge in [0, 0.05) is 27.9 Å². The van der Waals surface area contributed by atoms with Crippen molar-refractivity contribution in [1.29, 1.82) is 0 Å². The average molecular weight is 694 g/mol. The summed E-state index contributed by atoms with van der Waals surface area (Å²) in [6, 6.07) is 44.0. The maximum atomic E-state index is 13.7. The Bertz CT molecular complexity index is 2160. The number of furan rings is 1. The van der Waals surface area contributed by atoms with Crippen molar-refractivity contribution in [3.63, 3.8) is 0 Å². The van der Waals surface area contributed by atoms with Crippen molar-refractivity contribution in [2.75, 3.05) is 17.7 Å². The molecule has 9 heteroatoms. The van der Waals surface area contributed by atoms with Gasteiger partial charge in [-0.05, 0) is 84.8 Å². The predicted octanol–water partition coefficient (Wildman–Crippen LogP) is 9.15. The quantitative estimate of drug-likeness (QED) is 0.0872. The zero-order valence-electron chi connectivity index (χ0n) is 28.0. The topological polar surface area (TPSA) is 110 Å². The molecule has 1 aromatic heterocycles. The third-order valence-electron chi connectivity index (χ3n) is 7.92. The predicted molar refractivity (Wildman–Crippen MR) is 203 cm³/mol. The first-order valence-corrected chi connectivity index (χ1v) is 17.1. The second kappa shape index (κ2) is 16.4. The van der Waals surface area contributed by atoms with Gasteiger partial charge in [0.15, 0.2) is 0 Å². The van der Waals surface area contributed by atoms with Crippen molar-refractivity contribution < 1.29 is 23.5 Å². The summed E-state index contributed by atoms with van der Waals surface area (Å²) < 4.78 is 11.5. The van der Waals surface area contributed by atoms with Crippen molar-refractivity contribution >= 4 is 46.9 Å². The highest BCUT2D eigenvalue weighted by molar-refractivity contribution is 8.00. The molecule has 0 saturated carbocycles. The van der Waals surface area contributed by atoms with Crippen molar-refractivity contribution in [2.45, 2.75) is 17.1 Å². The van der Waals surface area contributed by atoms with E-state index in [9.17, 15) is 14.4 Å². The van der Waals surface area contributed by atoms with E-state index in [0.717, 1.165) is 27.3 Å². The molecule has 0 saturated heterocycles. The average Bonchev–Trinajstić information content (AvgIpc) is 3.64. The third kappa shape index (κ3) is 8.83. The normalized spacial score (nSPS) is 11.7. The van der Waals surface area contributed by atoms with Crippen LogP contribution in [-0.2, 0) is 9.59 Å². The molecule has 3 N–H and O–H groups in total. The fourth-order valence-corrected chi connectivity index (χ4v) is 6.30. The first kappa shape index (κ1) is 34.5. The standard InChI is InChI=1S/C42H35N3O5S/c1-28-13-9-11-19-35(28)44-42(48)39(29-14-5-3-6-15-29)51-33-24-21-31(22-25-33)43-41(47)36(45-40(46)30-16-7-4-8-17-30)27-32-23-26-38(50-32)34-18-10-12-20-37(34)49-2/h3-27,39H,1-2H3,(H,43,47)(H,44,48)(H,45,46). The molecule has 3 amide bonds. The molecule has 1 atom stereocenters. The van der Waals surface area contributed by atoms with Crippen LogP contribution in [0.25, 0.3) is 17.4 Å². The zero-order chi connectivity index (χ0) is 35.6. The molecule has 0 aliphatic rings. The Morgan fingerprint density at radius 2 is 1.39 bits per heavy atom. The van der Waals surface area contributed by atoms with E-state index in [2.05, 4.69) is 16.0 Å². The van der Waals surface area contributed by atoms with Crippen LogP contribution in [0.1, 0.15) is 32.5 Å². The lowest BCUT2D eigenvalue weighted by molar-refractivity contribution is -0.116. The van der Waals surface area contributed by atoms with E-state index in [1.807, 2.05) is 104 Å². The molecule has 5 aromatic carbocycles. The zero-order valence-corrected chi connectivity index (χ0v) is 28.8. The Balaban J connectivity index is 1.21. The Hall–Kier alpha value is -6.32. The van der Waals surface area contributed by atoms with Gasteiger partial charge in [0.2, 0.25) is 5.91 Å². The number of carbonyl (C=O) groups excluding carboxylic acids is 3. The van der Waals surface area contributed by atoms with Crippen LogP contribution in [-0.4, -0.2) is 24.8 Å². The molecule has 51 heavy (non-hydrogen) atoms. The van der Waals surface area contributed by atoms with Gasteiger partial charge >= 0.3 is 0 Å². The number of ether oxygens (including phenoxy) is 1. The number of benzene rings is 5. The molecule has 6 aromatic rings. The molecule has 0 fully saturated rings. The Kier molecular flexibility index (Phi) is 11.1. The lowest BCUT2D eigenvalue weighted by atomic mass is 10.1. The molecule has 0 aliphatic carbocycles. The summed E-state index contributed by atoms with van der Waals surface area (Å²) in [5, 5.41) is 8.17. The second-order valence-corrected chi connectivity index (χ2v) is 12.7. The van der Waals surface area contributed by atoms with Crippen LogP contribution in [0.15, 0.2) is 161 Å². The Morgan fingerprint density at radius 1 is 0.725 bits per heavy atom. The summed E-state index contributed by atoms with van der Waals surface area (Å²) in [6.45, 7) is 1.95. The molecule has 254 valence electrons. The Labute approximate surface area is 300 Å². The van der Waals surface area contributed by atoms with E-state index in [0.29, 0.717) is 28.5 Å². The third-order valence-corrected chi connectivity index (χ3v) is 9.19. The highest BCUT2D eigenvalue weighted by atomic mass is 32.2.